The summed E-state index contributed by atoms with van der Waals surface area (Å²) in [5.74, 6) is 0.777. The van der Waals surface area contributed by atoms with Crippen molar-refractivity contribution in [3.8, 4) is 0 Å². The molecule has 108 valence electrons. The lowest BCUT2D eigenvalue weighted by Gasteiger charge is -2.37. The molecule has 1 fully saturated rings. The average Bonchev–Trinajstić information content (AvgIpc) is 2.82. The maximum absolute atomic E-state index is 6.01. The van der Waals surface area contributed by atoms with Crippen LogP contribution in [0.25, 0.3) is 5.65 Å². The van der Waals surface area contributed by atoms with Gasteiger partial charge in [-0.2, -0.15) is 0 Å². The molecule has 1 aliphatic heterocycles. The fourth-order valence-electron chi connectivity index (χ4n) is 3.06. The molecule has 0 aliphatic carbocycles. The Morgan fingerprint density at radius 3 is 3.05 bits per heavy atom. The van der Waals surface area contributed by atoms with E-state index in [1.165, 1.54) is 12.8 Å². The van der Waals surface area contributed by atoms with Crippen molar-refractivity contribution in [2.45, 2.75) is 32.4 Å². The van der Waals surface area contributed by atoms with Gasteiger partial charge in [0.05, 0.1) is 10.7 Å². The number of piperidine rings is 1. The van der Waals surface area contributed by atoms with E-state index in [0.717, 1.165) is 41.9 Å². The van der Waals surface area contributed by atoms with E-state index >= 15 is 0 Å². The van der Waals surface area contributed by atoms with Crippen molar-refractivity contribution in [2.24, 2.45) is 11.7 Å². The lowest BCUT2D eigenvalue weighted by atomic mass is 9.92. The van der Waals surface area contributed by atoms with Crippen molar-refractivity contribution in [3.63, 3.8) is 0 Å². The van der Waals surface area contributed by atoms with Gasteiger partial charge in [0.15, 0.2) is 0 Å². The Morgan fingerprint density at radius 2 is 2.25 bits per heavy atom. The van der Waals surface area contributed by atoms with Gasteiger partial charge in [-0.05, 0) is 37.4 Å². The summed E-state index contributed by atoms with van der Waals surface area (Å²) >= 11 is 6.01. The van der Waals surface area contributed by atoms with E-state index in [1.807, 2.05) is 22.7 Å². The van der Waals surface area contributed by atoms with Crippen LogP contribution in [0.4, 0.5) is 0 Å². The summed E-state index contributed by atoms with van der Waals surface area (Å²) in [5, 5.41) is 0.730. The standard InChI is InChI=1S/C15H21ClN4/c1-11-4-5-19(14(6-11)7-17)9-13-10-20-8-12(16)2-3-15(20)18-13/h2-3,8,10-11,14H,4-7,9,17H2,1H3. The molecule has 1 saturated heterocycles. The number of hydrogen-bond donors (Lipinski definition) is 1. The van der Waals surface area contributed by atoms with E-state index in [-0.39, 0.29) is 0 Å². The molecule has 1 aliphatic rings. The molecular weight excluding hydrogens is 272 g/mol. The van der Waals surface area contributed by atoms with Crippen LogP contribution in [0.3, 0.4) is 0 Å². The highest BCUT2D eigenvalue weighted by molar-refractivity contribution is 6.30. The minimum Gasteiger partial charge on any atom is -0.329 e. The smallest absolute Gasteiger partial charge is 0.137 e. The normalized spacial score (nSPS) is 24.4. The van der Waals surface area contributed by atoms with Gasteiger partial charge in [-0.1, -0.05) is 18.5 Å². The van der Waals surface area contributed by atoms with E-state index in [4.69, 9.17) is 17.3 Å². The Labute approximate surface area is 124 Å². The Hall–Kier alpha value is -1.10. The molecule has 0 radical (unpaired) electrons. The first-order chi connectivity index (χ1) is 9.65. The largest absolute Gasteiger partial charge is 0.329 e. The van der Waals surface area contributed by atoms with Crippen molar-refractivity contribution in [1.29, 1.82) is 0 Å². The summed E-state index contributed by atoms with van der Waals surface area (Å²) in [5.41, 5.74) is 7.95. The first kappa shape index (κ1) is 13.9. The molecule has 2 unspecified atom stereocenters. The minimum atomic E-state index is 0.479. The highest BCUT2D eigenvalue weighted by Crippen LogP contribution is 2.23. The molecule has 3 rings (SSSR count). The Kier molecular flexibility index (Phi) is 3.96. The van der Waals surface area contributed by atoms with Gasteiger partial charge in [0.2, 0.25) is 0 Å². The molecule has 0 bridgehead atoms. The van der Waals surface area contributed by atoms with Gasteiger partial charge < -0.3 is 10.1 Å². The number of halogens is 1. The third-order valence-corrected chi connectivity index (χ3v) is 4.43. The number of aromatic nitrogens is 2. The molecule has 3 heterocycles. The van der Waals surface area contributed by atoms with E-state index in [9.17, 15) is 0 Å². The number of imidazole rings is 1. The van der Waals surface area contributed by atoms with Gasteiger partial charge >= 0.3 is 0 Å². The second-order valence-electron chi connectivity index (χ2n) is 5.83. The Bertz CT molecular complexity index is 595. The summed E-state index contributed by atoms with van der Waals surface area (Å²) in [7, 11) is 0. The average molecular weight is 293 g/mol. The van der Waals surface area contributed by atoms with Crippen molar-refractivity contribution in [2.75, 3.05) is 13.1 Å². The third-order valence-electron chi connectivity index (χ3n) is 4.20. The molecule has 2 N–H and O–H groups in total. The van der Waals surface area contributed by atoms with E-state index in [2.05, 4.69) is 23.0 Å². The van der Waals surface area contributed by atoms with Crippen LogP contribution in [0.2, 0.25) is 5.02 Å². The molecule has 0 spiro atoms. The molecular formula is C15H21ClN4. The first-order valence-corrected chi connectivity index (χ1v) is 7.60. The summed E-state index contributed by atoms with van der Waals surface area (Å²) in [6, 6.07) is 4.30. The summed E-state index contributed by atoms with van der Waals surface area (Å²) in [6.45, 7) is 5.02. The predicted molar refractivity (Wildman–Crippen MR) is 81.9 cm³/mol. The number of rotatable bonds is 3. The van der Waals surface area contributed by atoms with Crippen LogP contribution in [0.15, 0.2) is 24.5 Å². The van der Waals surface area contributed by atoms with Crippen molar-refractivity contribution >= 4 is 17.2 Å². The molecule has 2 aromatic rings. The van der Waals surface area contributed by atoms with E-state index in [1.54, 1.807) is 0 Å². The number of hydrogen-bond acceptors (Lipinski definition) is 3. The van der Waals surface area contributed by atoms with Crippen LogP contribution in [-0.2, 0) is 6.54 Å². The van der Waals surface area contributed by atoms with Gasteiger partial charge in [-0.25, -0.2) is 4.98 Å². The molecule has 2 atom stereocenters. The van der Waals surface area contributed by atoms with Gasteiger partial charge in [0, 0.05) is 31.5 Å². The zero-order valence-corrected chi connectivity index (χ0v) is 12.6. The summed E-state index contributed by atoms with van der Waals surface area (Å²) in [4.78, 5) is 7.12. The van der Waals surface area contributed by atoms with Crippen molar-refractivity contribution in [1.82, 2.24) is 14.3 Å². The summed E-state index contributed by atoms with van der Waals surface area (Å²) in [6.07, 6.45) is 6.39. The second-order valence-corrected chi connectivity index (χ2v) is 6.27. The minimum absolute atomic E-state index is 0.479. The molecule has 0 saturated carbocycles. The number of nitrogens with two attached hydrogens (primary N) is 1. The van der Waals surface area contributed by atoms with Gasteiger partial charge in [0.1, 0.15) is 5.65 Å². The lowest BCUT2D eigenvalue weighted by Crippen LogP contribution is -2.45. The lowest BCUT2D eigenvalue weighted by molar-refractivity contribution is 0.114. The maximum atomic E-state index is 6.01. The topological polar surface area (TPSA) is 46.6 Å². The number of likely N-dealkylation sites (tertiary alicyclic amines) is 1. The maximum Gasteiger partial charge on any atom is 0.137 e. The van der Waals surface area contributed by atoms with Crippen LogP contribution < -0.4 is 5.73 Å². The van der Waals surface area contributed by atoms with Crippen LogP contribution in [0.5, 0.6) is 0 Å². The number of nitrogens with zero attached hydrogens (tertiary/aromatic N) is 3. The van der Waals surface area contributed by atoms with Gasteiger partial charge in [-0.3, -0.25) is 4.90 Å². The Morgan fingerprint density at radius 1 is 1.40 bits per heavy atom. The quantitative estimate of drug-likeness (QED) is 0.946. The second kappa shape index (κ2) is 5.72. The SMILES string of the molecule is CC1CCN(Cc2cn3cc(Cl)ccc3n2)C(CN)C1. The zero-order valence-electron chi connectivity index (χ0n) is 11.8. The van der Waals surface area contributed by atoms with Crippen LogP contribution in [0.1, 0.15) is 25.5 Å². The van der Waals surface area contributed by atoms with Crippen LogP contribution in [-0.4, -0.2) is 33.4 Å². The molecule has 2 aromatic heterocycles. The van der Waals surface area contributed by atoms with E-state index < -0.39 is 0 Å². The monoisotopic (exact) mass is 292 g/mol. The van der Waals surface area contributed by atoms with Crippen LogP contribution in [0, 0.1) is 5.92 Å². The number of pyridine rings is 1. The first-order valence-electron chi connectivity index (χ1n) is 7.23. The highest BCUT2D eigenvalue weighted by Gasteiger charge is 2.25. The molecule has 20 heavy (non-hydrogen) atoms. The molecule has 4 nitrogen and oxygen atoms in total. The fraction of sp³-hybridized carbons (Fsp3) is 0.533. The van der Waals surface area contributed by atoms with Gasteiger partial charge in [0.25, 0.3) is 0 Å². The third kappa shape index (κ3) is 2.82. The van der Waals surface area contributed by atoms with Crippen LogP contribution >= 0.6 is 11.6 Å². The molecule has 0 aromatic carbocycles. The van der Waals surface area contributed by atoms with Crippen molar-refractivity contribution in [3.05, 3.63) is 35.2 Å². The number of fused-ring (bicyclic) bond motifs is 1. The highest BCUT2D eigenvalue weighted by atomic mass is 35.5. The predicted octanol–water partition coefficient (Wildman–Crippen LogP) is 2.55. The summed E-state index contributed by atoms with van der Waals surface area (Å²) < 4.78 is 1.99. The van der Waals surface area contributed by atoms with E-state index in [0.29, 0.717) is 6.04 Å². The fourth-order valence-corrected chi connectivity index (χ4v) is 3.22. The zero-order chi connectivity index (χ0) is 14.1. The van der Waals surface area contributed by atoms with Crippen molar-refractivity contribution < 1.29 is 0 Å². The van der Waals surface area contributed by atoms with Gasteiger partial charge in [-0.15, -0.1) is 0 Å². The molecule has 0 amide bonds. The molecule has 5 heteroatoms. The Balaban J connectivity index is 1.78.